The molecule has 21 heavy (non-hydrogen) atoms. The number of halogens is 3. The molecule has 0 fully saturated rings. The minimum absolute atomic E-state index is 0.192. The van der Waals surface area contributed by atoms with Gasteiger partial charge in [0.05, 0.1) is 11.1 Å². The molecule has 0 saturated carbocycles. The number of hydrogen-bond donors (Lipinski definition) is 2. The number of benzene rings is 1. The third kappa shape index (κ3) is 2.38. The minimum Gasteiger partial charge on any atom is -0.357 e. The van der Waals surface area contributed by atoms with Crippen molar-refractivity contribution >= 4 is 39.0 Å². The Morgan fingerprint density at radius 3 is 2.62 bits per heavy atom. The molecule has 0 aliphatic rings. The van der Waals surface area contributed by atoms with Gasteiger partial charge in [-0.1, -0.05) is 0 Å². The fourth-order valence-corrected chi connectivity index (χ4v) is 2.58. The zero-order valence-electron chi connectivity index (χ0n) is 10.7. The molecule has 3 aromatic rings. The van der Waals surface area contributed by atoms with Crippen molar-refractivity contribution in [1.82, 2.24) is 9.97 Å². The second kappa shape index (κ2) is 5.21. The van der Waals surface area contributed by atoms with E-state index in [0.29, 0.717) is 22.0 Å². The van der Waals surface area contributed by atoms with Crippen molar-refractivity contribution in [1.29, 1.82) is 0 Å². The predicted octanol–water partition coefficient (Wildman–Crippen LogP) is 3.89. The molecule has 2 aromatic heterocycles. The highest BCUT2D eigenvalue weighted by molar-refractivity contribution is 7.16. The van der Waals surface area contributed by atoms with Crippen LogP contribution < -0.4 is 10.6 Å². The summed E-state index contributed by atoms with van der Waals surface area (Å²) in [5.74, 6) is -3.39. The molecule has 108 valence electrons. The highest BCUT2D eigenvalue weighted by atomic mass is 32.1. The van der Waals surface area contributed by atoms with Crippen molar-refractivity contribution in [3.63, 3.8) is 0 Å². The first-order valence-electron chi connectivity index (χ1n) is 5.93. The molecule has 0 aliphatic heterocycles. The lowest BCUT2D eigenvalue weighted by molar-refractivity contribution is 0.449. The molecular formula is C13H9F3N4S. The Bertz CT molecular complexity index is 819. The van der Waals surface area contributed by atoms with Crippen molar-refractivity contribution in [2.45, 2.75) is 0 Å². The molecule has 3 rings (SSSR count). The van der Waals surface area contributed by atoms with E-state index < -0.39 is 17.5 Å². The summed E-state index contributed by atoms with van der Waals surface area (Å²) in [6.07, 6.45) is 0. The second-order valence-corrected chi connectivity index (χ2v) is 5.03. The third-order valence-corrected chi connectivity index (χ3v) is 3.64. The van der Waals surface area contributed by atoms with E-state index in [2.05, 4.69) is 20.6 Å². The van der Waals surface area contributed by atoms with Crippen LogP contribution in [-0.2, 0) is 0 Å². The lowest BCUT2D eigenvalue weighted by Crippen LogP contribution is -2.03. The first-order chi connectivity index (χ1) is 10.1. The molecule has 0 amide bonds. The summed E-state index contributed by atoms with van der Waals surface area (Å²) in [6.45, 7) is 0. The Morgan fingerprint density at radius 2 is 1.86 bits per heavy atom. The van der Waals surface area contributed by atoms with Crippen molar-refractivity contribution in [2.75, 3.05) is 17.7 Å². The van der Waals surface area contributed by atoms with Crippen LogP contribution in [0.5, 0.6) is 0 Å². The van der Waals surface area contributed by atoms with Gasteiger partial charge in [-0.15, -0.1) is 11.3 Å². The predicted molar refractivity (Wildman–Crippen MR) is 76.6 cm³/mol. The maximum atomic E-state index is 13.7. The first kappa shape index (κ1) is 13.6. The Hall–Kier alpha value is -2.35. The molecule has 8 heteroatoms. The van der Waals surface area contributed by atoms with Gasteiger partial charge in [0.25, 0.3) is 0 Å². The van der Waals surface area contributed by atoms with Gasteiger partial charge in [0.1, 0.15) is 10.6 Å². The molecule has 4 nitrogen and oxygen atoms in total. The SMILES string of the molecule is CNc1nc(Nc2ccc(F)c(F)c2F)c2ccsc2n1. The average Bonchev–Trinajstić information content (AvgIpc) is 2.96. The smallest absolute Gasteiger partial charge is 0.225 e. The van der Waals surface area contributed by atoms with E-state index in [1.807, 2.05) is 5.38 Å². The van der Waals surface area contributed by atoms with Gasteiger partial charge in [-0.3, -0.25) is 0 Å². The lowest BCUT2D eigenvalue weighted by Gasteiger charge is -2.10. The number of nitrogens with one attached hydrogen (secondary N) is 2. The van der Waals surface area contributed by atoms with E-state index in [4.69, 9.17) is 0 Å². The Balaban J connectivity index is 2.09. The Kier molecular flexibility index (Phi) is 3.38. The van der Waals surface area contributed by atoms with E-state index >= 15 is 0 Å². The summed E-state index contributed by atoms with van der Waals surface area (Å²) in [5, 5.41) is 7.95. The van der Waals surface area contributed by atoms with Crippen LogP contribution in [0.2, 0.25) is 0 Å². The van der Waals surface area contributed by atoms with Crippen LogP contribution in [0.3, 0.4) is 0 Å². The average molecular weight is 310 g/mol. The topological polar surface area (TPSA) is 49.8 Å². The Labute approximate surface area is 121 Å². The monoisotopic (exact) mass is 310 g/mol. The van der Waals surface area contributed by atoms with E-state index in [9.17, 15) is 13.2 Å². The van der Waals surface area contributed by atoms with Crippen LogP contribution in [0.15, 0.2) is 23.6 Å². The van der Waals surface area contributed by atoms with Crippen LogP contribution in [0.25, 0.3) is 10.2 Å². The molecule has 0 radical (unpaired) electrons. The summed E-state index contributed by atoms with van der Waals surface area (Å²) < 4.78 is 39.9. The Morgan fingerprint density at radius 1 is 1.05 bits per heavy atom. The summed E-state index contributed by atoms with van der Waals surface area (Å²) in [4.78, 5) is 9.10. The second-order valence-electron chi connectivity index (χ2n) is 4.13. The highest BCUT2D eigenvalue weighted by Crippen LogP contribution is 2.30. The summed E-state index contributed by atoms with van der Waals surface area (Å²) in [5.41, 5.74) is -0.192. The van der Waals surface area contributed by atoms with Crippen molar-refractivity contribution in [3.8, 4) is 0 Å². The largest absolute Gasteiger partial charge is 0.357 e. The number of hydrogen-bond acceptors (Lipinski definition) is 5. The summed E-state index contributed by atoms with van der Waals surface area (Å²) >= 11 is 1.39. The van der Waals surface area contributed by atoms with Crippen LogP contribution in [0.1, 0.15) is 0 Å². The summed E-state index contributed by atoms with van der Waals surface area (Å²) in [7, 11) is 1.65. The first-order valence-corrected chi connectivity index (χ1v) is 6.81. The fourth-order valence-electron chi connectivity index (χ4n) is 1.81. The van der Waals surface area contributed by atoms with Gasteiger partial charge in [-0.05, 0) is 23.6 Å². The minimum atomic E-state index is -1.52. The molecule has 2 heterocycles. The standard InChI is InChI=1S/C13H9F3N4S/c1-17-13-19-11(6-4-5-21-12(6)20-13)18-8-3-2-7(14)9(15)10(8)16/h2-5H,1H3,(H2,17,18,19,20). The van der Waals surface area contributed by atoms with Crippen LogP contribution in [0, 0.1) is 17.5 Å². The van der Waals surface area contributed by atoms with Crippen LogP contribution >= 0.6 is 11.3 Å². The van der Waals surface area contributed by atoms with Crippen molar-refractivity contribution in [2.24, 2.45) is 0 Å². The normalized spacial score (nSPS) is 10.9. The molecule has 0 spiro atoms. The molecule has 0 bridgehead atoms. The number of thiophene rings is 1. The number of fused-ring (bicyclic) bond motifs is 1. The number of anilines is 3. The van der Waals surface area contributed by atoms with Crippen molar-refractivity contribution in [3.05, 3.63) is 41.0 Å². The molecular weight excluding hydrogens is 301 g/mol. The third-order valence-electron chi connectivity index (χ3n) is 2.84. The lowest BCUT2D eigenvalue weighted by atomic mass is 10.2. The van der Waals surface area contributed by atoms with Crippen LogP contribution in [-0.4, -0.2) is 17.0 Å². The zero-order chi connectivity index (χ0) is 15.0. The van der Waals surface area contributed by atoms with E-state index in [0.717, 1.165) is 12.1 Å². The molecule has 1 aromatic carbocycles. The molecule has 0 atom stereocenters. The quantitative estimate of drug-likeness (QED) is 0.721. The van der Waals surface area contributed by atoms with Gasteiger partial charge < -0.3 is 10.6 Å². The van der Waals surface area contributed by atoms with Gasteiger partial charge >= 0.3 is 0 Å². The number of rotatable bonds is 3. The maximum absolute atomic E-state index is 13.7. The number of nitrogens with zero attached hydrogens (tertiary/aromatic N) is 2. The van der Waals surface area contributed by atoms with E-state index in [1.165, 1.54) is 11.3 Å². The van der Waals surface area contributed by atoms with Gasteiger partial charge in [0.2, 0.25) is 5.95 Å². The van der Waals surface area contributed by atoms with Gasteiger partial charge in [0, 0.05) is 7.05 Å². The molecule has 0 aliphatic carbocycles. The van der Waals surface area contributed by atoms with E-state index in [1.54, 1.807) is 13.1 Å². The van der Waals surface area contributed by atoms with E-state index in [-0.39, 0.29) is 5.69 Å². The fraction of sp³-hybridized carbons (Fsp3) is 0.0769. The highest BCUT2D eigenvalue weighted by Gasteiger charge is 2.15. The molecule has 0 unspecified atom stereocenters. The maximum Gasteiger partial charge on any atom is 0.225 e. The van der Waals surface area contributed by atoms with Gasteiger partial charge in [-0.2, -0.15) is 4.98 Å². The number of aromatic nitrogens is 2. The van der Waals surface area contributed by atoms with Crippen LogP contribution in [0.4, 0.5) is 30.6 Å². The zero-order valence-corrected chi connectivity index (χ0v) is 11.6. The van der Waals surface area contributed by atoms with Crippen molar-refractivity contribution < 1.29 is 13.2 Å². The molecule has 2 N–H and O–H groups in total. The van der Waals surface area contributed by atoms with Gasteiger partial charge in [-0.25, -0.2) is 18.2 Å². The summed E-state index contributed by atoms with van der Waals surface area (Å²) in [6, 6.07) is 3.73. The molecule has 0 saturated heterocycles. The van der Waals surface area contributed by atoms with Gasteiger partial charge in [0.15, 0.2) is 17.5 Å².